The summed E-state index contributed by atoms with van der Waals surface area (Å²) in [5.41, 5.74) is 9.43. The lowest BCUT2D eigenvalue weighted by molar-refractivity contribution is 0.189. The molecule has 2 aliphatic rings. The molecule has 2 N–H and O–H groups in total. The predicted molar refractivity (Wildman–Crippen MR) is 85.5 cm³/mol. The van der Waals surface area contributed by atoms with E-state index in [4.69, 9.17) is 22.4 Å². The molecular formula is C17H20ClN3. The van der Waals surface area contributed by atoms with Crippen LogP contribution in [-0.2, 0) is 0 Å². The Morgan fingerprint density at radius 1 is 1.29 bits per heavy atom. The molecule has 0 bridgehead atoms. The van der Waals surface area contributed by atoms with E-state index in [1.54, 1.807) is 0 Å². The predicted octanol–water partition coefficient (Wildman–Crippen LogP) is 3.99. The number of rotatable bonds is 4. The van der Waals surface area contributed by atoms with Crippen molar-refractivity contribution in [2.75, 3.05) is 6.54 Å². The van der Waals surface area contributed by atoms with Crippen LogP contribution in [0.1, 0.15) is 43.3 Å². The van der Waals surface area contributed by atoms with Crippen LogP contribution in [0, 0.1) is 5.92 Å². The SMILES string of the molecule is NCC1CC(n2cc(-c3cccc(Cl)c3)c(C3CC3)n2)C1. The largest absolute Gasteiger partial charge is 0.330 e. The second kappa shape index (κ2) is 5.15. The first-order valence-electron chi connectivity index (χ1n) is 7.79. The Bertz CT molecular complexity index is 654. The van der Waals surface area contributed by atoms with Crippen LogP contribution < -0.4 is 5.73 Å². The minimum absolute atomic E-state index is 0.531. The maximum absolute atomic E-state index is 6.15. The first-order chi connectivity index (χ1) is 10.2. The zero-order valence-corrected chi connectivity index (χ0v) is 12.8. The third kappa shape index (κ3) is 2.49. The number of aromatic nitrogens is 2. The quantitative estimate of drug-likeness (QED) is 0.928. The fourth-order valence-corrected chi connectivity index (χ4v) is 3.43. The topological polar surface area (TPSA) is 43.8 Å². The van der Waals surface area contributed by atoms with Crippen molar-refractivity contribution in [1.82, 2.24) is 9.78 Å². The van der Waals surface area contributed by atoms with Crippen molar-refractivity contribution in [2.24, 2.45) is 11.7 Å². The fourth-order valence-electron chi connectivity index (χ4n) is 3.24. The third-order valence-corrected chi connectivity index (χ3v) is 5.01. The van der Waals surface area contributed by atoms with Gasteiger partial charge in [0.2, 0.25) is 0 Å². The first kappa shape index (κ1) is 13.4. The molecule has 2 fully saturated rings. The van der Waals surface area contributed by atoms with Crippen molar-refractivity contribution < 1.29 is 0 Å². The zero-order chi connectivity index (χ0) is 14.4. The van der Waals surface area contributed by atoms with Gasteiger partial charge in [0.05, 0.1) is 11.7 Å². The summed E-state index contributed by atoms with van der Waals surface area (Å²) in [7, 11) is 0. The number of benzene rings is 1. The molecule has 2 saturated carbocycles. The van der Waals surface area contributed by atoms with Crippen LogP contribution in [0.2, 0.25) is 5.02 Å². The molecule has 3 nitrogen and oxygen atoms in total. The minimum Gasteiger partial charge on any atom is -0.330 e. The third-order valence-electron chi connectivity index (χ3n) is 4.78. The van der Waals surface area contributed by atoms with Crippen LogP contribution >= 0.6 is 11.6 Å². The van der Waals surface area contributed by atoms with Gasteiger partial charge in [0, 0.05) is 22.7 Å². The second-order valence-electron chi connectivity index (χ2n) is 6.42. The Labute approximate surface area is 130 Å². The highest BCUT2D eigenvalue weighted by atomic mass is 35.5. The molecule has 0 aliphatic heterocycles. The van der Waals surface area contributed by atoms with Crippen molar-refractivity contribution in [3.8, 4) is 11.1 Å². The molecular weight excluding hydrogens is 282 g/mol. The average molecular weight is 302 g/mol. The molecule has 0 radical (unpaired) electrons. The molecule has 0 unspecified atom stereocenters. The highest BCUT2D eigenvalue weighted by Crippen LogP contribution is 2.45. The van der Waals surface area contributed by atoms with E-state index in [0.717, 1.165) is 24.4 Å². The maximum Gasteiger partial charge on any atom is 0.0733 e. The van der Waals surface area contributed by atoms with E-state index in [1.165, 1.54) is 29.7 Å². The smallest absolute Gasteiger partial charge is 0.0733 e. The van der Waals surface area contributed by atoms with Crippen LogP contribution in [0.4, 0.5) is 0 Å². The number of hydrogen-bond acceptors (Lipinski definition) is 2. The van der Waals surface area contributed by atoms with Crippen molar-refractivity contribution in [3.05, 3.63) is 41.2 Å². The summed E-state index contributed by atoms with van der Waals surface area (Å²) in [4.78, 5) is 0. The van der Waals surface area contributed by atoms with Gasteiger partial charge in [-0.2, -0.15) is 5.10 Å². The normalized spacial score (nSPS) is 24.9. The number of nitrogens with two attached hydrogens (primary N) is 1. The fraction of sp³-hybridized carbons (Fsp3) is 0.471. The van der Waals surface area contributed by atoms with Crippen LogP contribution in [0.25, 0.3) is 11.1 Å². The summed E-state index contributed by atoms with van der Waals surface area (Å²) in [6.07, 6.45) is 7.08. The van der Waals surface area contributed by atoms with Crippen molar-refractivity contribution in [2.45, 2.75) is 37.6 Å². The van der Waals surface area contributed by atoms with E-state index in [9.17, 15) is 0 Å². The molecule has 0 spiro atoms. The van der Waals surface area contributed by atoms with Crippen molar-refractivity contribution in [3.63, 3.8) is 0 Å². The minimum atomic E-state index is 0.531. The van der Waals surface area contributed by atoms with Gasteiger partial charge in [-0.1, -0.05) is 23.7 Å². The summed E-state index contributed by atoms with van der Waals surface area (Å²) in [5, 5.41) is 5.69. The molecule has 4 rings (SSSR count). The van der Waals surface area contributed by atoms with Gasteiger partial charge >= 0.3 is 0 Å². The van der Waals surface area contributed by atoms with E-state index >= 15 is 0 Å². The molecule has 1 aromatic heterocycles. The van der Waals surface area contributed by atoms with Gasteiger partial charge < -0.3 is 5.73 Å². The Balaban J connectivity index is 1.68. The lowest BCUT2D eigenvalue weighted by Crippen LogP contribution is -2.32. The summed E-state index contributed by atoms with van der Waals surface area (Å²) in [6, 6.07) is 8.63. The molecule has 21 heavy (non-hydrogen) atoms. The van der Waals surface area contributed by atoms with E-state index in [-0.39, 0.29) is 0 Å². The lowest BCUT2D eigenvalue weighted by atomic mass is 9.80. The van der Waals surface area contributed by atoms with Gasteiger partial charge in [-0.3, -0.25) is 4.68 Å². The van der Waals surface area contributed by atoms with Crippen molar-refractivity contribution >= 4 is 11.6 Å². The lowest BCUT2D eigenvalue weighted by Gasteiger charge is -2.34. The van der Waals surface area contributed by atoms with E-state index in [1.807, 2.05) is 18.2 Å². The Morgan fingerprint density at radius 3 is 2.76 bits per heavy atom. The molecule has 1 aromatic carbocycles. The number of halogens is 1. The van der Waals surface area contributed by atoms with Gasteiger partial charge in [-0.05, 0) is 55.8 Å². The van der Waals surface area contributed by atoms with Crippen LogP contribution in [0.3, 0.4) is 0 Å². The molecule has 2 aromatic rings. The number of nitrogens with zero attached hydrogens (tertiary/aromatic N) is 2. The molecule has 1 heterocycles. The molecule has 0 saturated heterocycles. The van der Waals surface area contributed by atoms with Crippen molar-refractivity contribution in [1.29, 1.82) is 0 Å². The monoisotopic (exact) mass is 301 g/mol. The van der Waals surface area contributed by atoms with E-state index in [2.05, 4.69) is 16.9 Å². The summed E-state index contributed by atoms with van der Waals surface area (Å²) in [5.74, 6) is 1.32. The standard InChI is InChI=1S/C17H20ClN3/c18-14-3-1-2-13(8-14)16-10-21(15-6-11(7-15)9-19)20-17(16)12-4-5-12/h1-3,8,10-12,15H,4-7,9,19H2. The maximum atomic E-state index is 6.15. The van der Waals surface area contributed by atoms with E-state index < -0.39 is 0 Å². The molecule has 110 valence electrons. The van der Waals surface area contributed by atoms with Gasteiger partial charge in [0.1, 0.15) is 0 Å². The van der Waals surface area contributed by atoms with Crippen LogP contribution in [0.15, 0.2) is 30.5 Å². The van der Waals surface area contributed by atoms with Gasteiger partial charge in [0.15, 0.2) is 0 Å². The summed E-state index contributed by atoms with van der Waals surface area (Å²) < 4.78 is 2.18. The highest BCUT2D eigenvalue weighted by molar-refractivity contribution is 6.30. The summed E-state index contributed by atoms with van der Waals surface area (Å²) >= 11 is 6.15. The zero-order valence-electron chi connectivity index (χ0n) is 12.0. The average Bonchev–Trinajstić information content (AvgIpc) is 3.18. The highest BCUT2D eigenvalue weighted by Gasteiger charge is 2.34. The van der Waals surface area contributed by atoms with E-state index in [0.29, 0.717) is 17.9 Å². The van der Waals surface area contributed by atoms with Crippen LogP contribution in [-0.4, -0.2) is 16.3 Å². The van der Waals surface area contributed by atoms with Crippen LogP contribution in [0.5, 0.6) is 0 Å². The molecule has 0 atom stereocenters. The van der Waals surface area contributed by atoms with Gasteiger partial charge in [-0.25, -0.2) is 0 Å². The molecule has 4 heteroatoms. The number of hydrogen-bond donors (Lipinski definition) is 1. The van der Waals surface area contributed by atoms with Gasteiger partial charge in [0.25, 0.3) is 0 Å². The Hall–Kier alpha value is -1.32. The molecule has 2 aliphatic carbocycles. The van der Waals surface area contributed by atoms with Gasteiger partial charge in [-0.15, -0.1) is 0 Å². The Kier molecular flexibility index (Phi) is 3.27. The molecule has 0 amide bonds. The Morgan fingerprint density at radius 2 is 2.10 bits per heavy atom. The summed E-state index contributed by atoms with van der Waals surface area (Å²) in [6.45, 7) is 0.800. The second-order valence-corrected chi connectivity index (χ2v) is 6.86. The first-order valence-corrected chi connectivity index (χ1v) is 8.17.